The lowest BCUT2D eigenvalue weighted by atomic mass is 10.1. The molecular weight excluding hydrogens is 304 g/mol. The summed E-state index contributed by atoms with van der Waals surface area (Å²) in [5.74, 6) is 0.867. The van der Waals surface area contributed by atoms with Gasteiger partial charge in [0.05, 0.1) is 5.69 Å². The van der Waals surface area contributed by atoms with Crippen LogP contribution in [0, 0.1) is 0 Å². The average Bonchev–Trinajstić information content (AvgIpc) is 2.38. The van der Waals surface area contributed by atoms with Gasteiger partial charge in [-0.05, 0) is 49.2 Å². The number of halogens is 1. The van der Waals surface area contributed by atoms with Gasteiger partial charge in [0.25, 0.3) is 0 Å². The summed E-state index contributed by atoms with van der Waals surface area (Å²) < 4.78 is 6.88. The van der Waals surface area contributed by atoms with E-state index in [0.717, 1.165) is 27.9 Å². The minimum Gasteiger partial charge on any atom is -0.487 e. The molecule has 1 aromatic carbocycles. The maximum absolute atomic E-state index is 5.87. The zero-order chi connectivity index (χ0) is 13.7. The molecule has 0 fully saturated rings. The van der Waals surface area contributed by atoms with E-state index >= 15 is 0 Å². The fourth-order valence-electron chi connectivity index (χ4n) is 1.83. The maximum Gasteiger partial charge on any atom is 0.130 e. The highest BCUT2D eigenvalue weighted by atomic mass is 79.9. The summed E-state index contributed by atoms with van der Waals surface area (Å²) in [6.07, 6.45) is 2.56. The molecule has 2 aromatic rings. The zero-order valence-corrected chi connectivity index (χ0v) is 12.4. The molecule has 0 aliphatic carbocycles. The Kier molecular flexibility index (Phi) is 4.93. The molecule has 0 radical (unpaired) electrons. The predicted octanol–water partition coefficient (Wildman–Crippen LogP) is 3.31. The summed E-state index contributed by atoms with van der Waals surface area (Å²) in [6.45, 7) is 2.46. The van der Waals surface area contributed by atoms with Crippen molar-refractivity contribution in [2.75, 3.05) is 0 Å². The molecule has 1 heterocycles. The largest absolute Gasteiger partial charge is 0.487 e. The van der Waals surface area contributed by atoms with Crippen molar-refractivity contribution in [3.8, 4) is 5.75 Å². The fourth-order valence-corrected chi connectivity index (χ4v) is 2.24. The highest BCUT2D eigenvalue weighted by molar-refractivity contribution is 9.10. The monoisotopic (exact) mass is 320 g/mol. The van der Waals surface area contributed by atoms with Crippen LogP contribution in [0.3, 0.4) is 0 Å². The Balaban J connectivity index is 2.11. The summed E-state index contributed by atoms with van der Waals surface area (Å²) in [7, 11) is 0. The number of rotatable bonds is 5. The zero-order valence-electron chi connectivity index (χ0n) is 10.8. The molecule has 1 aromatic heterocycles. The highest BCUT2D eigenvalue weighted by Crippen LogP contribution is 2.25. The predicted molar refractivity (Wildman–Crippen MR) is 80.1 cm³/mol. The second-order valence-electron chi connectivity index (χ2n) is 4.54. The van der Waals surface area contributed by atoms with Crippen LogP contribution >= 0.6 is 15.9 Å². The molecule has 0 aliphatic rings. The number of benzene rings is 1. The topological polar surface area (TPSA) is 48.1 Å². The first-order valence-electron chi connectivity index (χ1n) is 6.22. The third-order valence-electron chi connectivity index (χ3n) is 2.67. The Morgan fingerprint density at radius 1 is 1.32 bits per heavy atom. The number of ether oxygens (including phenoxy) is 1. The van der Waals surface area contributed by atoms with E-state index in [2.05, 4.69) is 27.0 Å². The molecule has 3 nitrogen and oxygen atoms in total. The van der Waals surface area contributed by atoms with Gasteiger partial charge in [-0.25, -0.2) is 0 Å². The van der Waals surface area contributed by atoms with Crippen molar-refractivity contribution >= 4 is 15.9 Å². The molecule has 100 valence electrons. The van der Waals surface area contributed by atoms with Crippen LogP contribution in [0.2, 0.25) is 0 Å². The van der Waals surface area contributed by atoms with E-state index in [1.807, 2.05) is 37.3 Å². The smallest absolute Gasteiger partial charge is 0.130 e. The number of pyridine rings is 1. The summed E-state index contributed by atoms with van der Waals surface area (Å²) in [6, 6.07) is 11.9. The van der Waals surface area contributed by atoms with Gasteiger partial charge < -0.3 is 10.5 Å². The third-order valence-corrected chi connectivity index (χ3v) is 3.16. The van der Waals surface area contributed by atoms with Crippen molar-refractivity contribution in [1.29, 1.82) is 0 Å². The van der Waals surface area contributed by atoms with Gasteiger partial charge in [0.15, 0.2) is 0 Å². The molecule has 0 aliphatic heterocycles. The normalized spacial score (nSPS) is 12.2. The van der Waals surface area contributed by atoms with E-state index in [-0.39, 0.29) is 6.04 Å². The van der Waals surface area contributed by atoms with Gasteiger partial charge in [0, 0.05) is 16.7 Å². The fraction of sp³-hybridized carbons (Fsp3) is 0.267. The molecule has 0 saturated heterocycles. The van der Waals surface area contributed by atoms with Crippen LogP contribution in [0.15, 0.2) is 47.1 Å². The first-order valence-corrected chi connectivity index (χ1v) is 7.01. The van der Waals surface area contributed by atoms with Crippen molar-refractivity contribution in [3.05, 3.63) is 58.3 Å². The van der Waals surface area contributed by atoms with Crippen LogP contribution < -0.4 is 10.5 Å². The van der Waals surface area contributed by atoms with E-state index in [1.165, 1.54) is 0 Å². The molecule has 19 heavy (non-hydrogen) atoms. The van der Waals surface area contributed by atoms with Crippen LogP contribution in [-0.2, 0) is 13.0 Å². The lowest BCUT2D eigenvalue weighted by molar-refractivity contribution is 0.297. The Bertz CT molecular complexity index is 529. The van der Waals surface area contributed by atoms with E-state index in [4.69, 9.17) is 10.5 Å². The van der Waals surface area contributed by atoms with E-state index in [9.17, 15) is 0 Å². The molecule has 1 unspecified atom stereocenters. The lowest BCUT2D eigenvalue weighted by Gasteiger charge is -2.13. The van der Waals surface area contributed by atoms with Crippen molar-refractivity contribution in [2.45, 2.75) is 26.0 Å². The van der Waals surface area contributed by atoms with Gasteiger partial charge >= 0.3 is 0 Å². The standard InChI is InChI=1S/C15H17BrN2O/c1-11(17)8-12-9-13(16)5-6-15(12)19-10-14-4-2-3-7-18-14/h2-7,9,11H,8,10,17H2,1H3. The Morgan fingerprint density at radius 3 is 2.84 bits per heavy atom. The summed E-state index contributed by atoms with van der Waals surface area (Å²) in [5, 5.41) is 0. The van der Waals surface area contributed by atoms with Crippen molar-refractivity contribution in [1.82, 2.24) is 4.98 Å². The quantitative estimate of drug-likeness (QED) is 0.919. The lowest BCUT2D eigenvalue weighted by Crippen LogP contribution is -2.18. The second kappa shape index (κ2) is 6.68. The Morgan fingerprint density at radius 2 is 2.16 bits per heavy atom. The van der Waals surface area contributed by atoms with Gasteiger partial charge in [0.2, 0.25) is 0 Å². The molecule has 2 N–H and O–H groups in total. The molecule has 2 rings (SSSR count). The summed E-state index contributed by atoms with van der Waals surface area (Å²) in [5.41, 5.74) is 7.89. The minimum absolute atomic E-state index is 0.103. The maximum atomic E-state index is 5.87. The summed E-state index contributed by atoms with van der Waals surface area (Å²) in [4.78, 5) is 4.24. The van der Waals surface area contributed by atoms with Crippen LogP contribution in [0.1, 0.15) is 18.2 Å². The van der Waals surface area contributed by atoms with E-state index in [1.54, 1.807) is 6.20 Å². The molecule has 4 heteroatoms. The Labute approximate surface area is 121 Å². The minimum atomic E-state index is 0.103. The molecule has 0 saturated carbocycles. The van der Waals surface area contributed by atoms with Crippen LogP contribution in [0.4, 0.5) is 0 Å². The second-order valence-corrected chi connectivity index (χ2v) is 5.46. The van der Waals surface area contributed by atoms with E-state index in [0.29, 0.717) is 6.61 Å². The average molecular weight is 321 g/mol. The SMILES string of the molecule is CC(N)Cc1cc(Br)ccc1OCc1ccccn1. The van der Waals surface area contributed by atoms with Gasteiger partial charge in [-0.1, -0.05) is 22.0 Å². The molecule has 0 bridgehead atoms. The van der Waals surface area contributed by atoms with E-state index < -0.39 is 0 Å². The number of nitrogens with two attached hydrogens (primary N) is 1. The number of hydrogen-bond donors (Lipinski definition) is 1. The number of aromatic nitrogens is 1. The first kappa shape index (κ1) is 14.0. The molecule has 0 amide bonds. The molecule has 0 spiro atoms. The van der Waals surface area contributed by atoms with Crippen LogP contribution in [0.5, 0.6) is 5.75 Å². The highest BCUT2D eigenvalue weighted by Gasteiger charge is 2.07. The van der Waals surface area contributed by atoms with Crippen LogP contribution in [-0.4, -0.2) is 11.0 Å². The molecule has 1 atom stereocenters. The van der Waals surface area contributed by atoms with Gasteiger partial charge in [-0.2, -0.15) is 0 Å². The van der Waals surface area contributed by atoms with Crippen molar-refractivity contribution in [2.24, 2.45) is 5.73 Å². The molecular formula is C15H17BrN2O. The Hall–Kier alpha value is -1.39. The first-order chi connectivity index (χ1) is 9.15. The van der Waals surface area contributed by atoms with Gasteiger partial charge in [0.1, 0.15) is 12.4 Å². The van der Waals surface area contributed by atoms with Gasteiger partial charge in [-0.15, -0.1) is 0 Å². The third kappa shape index (κ3) is 4.33. The van der Waals surface area contributed by atoms with Crippen molar-refractivity contribution in [3.63, 3.8) is 0 Å². The summed E-state index contributed by atoms with van der Waals surface area (Å²) >= 11 is 3.47. The van der Waals surface area contributed by atoms with Crippen molar-refractivity contribution < 1.29 is 4.74 Å². The van der Waals surface area contributed by atoms with Gasteiger partial charge in [-0.3, -0.25) is 4.98 Å². The number of nitrogens with zero attached hydrogens (tertiary/aromatic N) is 1. The number of hydrogen-bond acceptors (Lipinski definition) is 3. The van der Waals surface area contributed by atoms with Crippen LogP contribution in [0.25, 0.3) is 0 Å².